The number of hydrogen-bond donors (Lipinski definition) is 2. The van der Waals surface area contributed by atoms with Gasteiger partial charge in [0.2, 0.25) is 11.6 Å². The molecule has 0 fully saturated rings. The van der Waals surface area contributed by atoms with Gasteiger partial charge in [0.15, 0.2) is 0 Å². The molecule has 0 saturated heterocycles. The van der Waals surface area contributed by atoms with Crippen molar-refractivity contribution in [2.75, 3.05) is 10.6 Å². The van der Waals surface area contributed by atoms with Gasteiger partial charge in [-0.15, -0.1) is 0 Å². The summed E-state index contributed by atoms with van der Waals surface area (Å²) in [4.78, 5) is 23.3. The Balaban J connectivity index is 1.92. The van der Waals surface area contributed by atoms with Crippen LogP contribution in [0.3, 0.4) is 0 Å². The van der Waals surface area contributed by atoms with Crippen molar-refractivity contribution in [1.29, 1.82) is 0 Å². The average Bonchev–Trinajstić information content (AvgIpc) is 2.64. The summed E-state index contributed by atoms with van der Waals surface area (Å²) < 4.78 is 0. The van der Waals surface area contributed by atoms with Crippen LogP contribution in [0, 0.1) is 17.0 Å². The largest absolute Gasteiger partial charge is 0.353 e. The van der Waals surface area contributed by atoms with Crippen LogP contribution in [0.15, 0.2) is 48.9 Å². The molecule has 0 aliphatic carbocycles. The summed E-state index contributed by atoms with van der Waals surface area (Å²) in [5, 5.41) is 17.5. The molecule has 0 bridgehead atoms. The molecule has 0 aliphatic heterocycles. The Labute approximate surface area is 150 Å². The highest BCUT2D eigenvalue weighted by molar-refractivity contribution is 5.76. The van der Waals surface area contributed by atoms with E-state index in [1.807, 2.05) is 37.3 Å². The molecule has 8 heteroatoms. The van der Waals surface area contributed by atoms with Gasteiger partial charge in [0, 0.05) is 11.9 Å². The molecule has 3 rings (SSSR count). The average molecular weight is 350 g/mol. The van der Waals surface area contributed by atoms with E-state index in [1.54, 1.807) is 12.3 Å². The summed E-state index contributed by atoms with van der Waals surface area (Å²) in [6.07, 6.45) is 3.86. The molecule has 0 radical (unpaired) electrons. The van der Waals surface area contributed by atoms with Crippen LogP contribution in [0.1, 0.15) is 18.1 Å². The number of nitrogens with zero attached hydrogens (tertiary/aromatic N) is 4. The number of nitro groups is 1. The van der Waals surface area contributed by atoms with Gasteiger partial charge in [-0.05, 0) is 42.7 Å². The predicted molar refractivity (Wildman–Crippen MR) is 100 cm³/mol. The summed E-state index contributed by atoms with van der Waals surface area (Å²) in [6, 6.07) is 11.2. The first kappa shape index (κ1) is 17.3. The van der Waals surface area contributed by atoms with E-state index < -0.39 is 4.92 Å². The fraction of sp³-hybridized carbons (Fsp3) is 0.167. The van der Waals surface area contributed by atoms with Gasteiger partial charge < -0.3 is 10.6 Å². The second-order valence-electron chi connectivity index (χ2n) is 5.70. The van der Waals surface area contributed by atoms with E-state index in [4.69, 9.17) is 0 Å². The van der Waals surface area contributed by atoms with Crippen LogP contribution in [-0.2, 0) is 6.42 Å². The van der Waals surface area contributed by atoms with Crippen molar-refractivity contribution in [1.82, 2.24) is 15.0 Å². The van der Waals surface area contributed by atoms with Gasteiger partial charge >= 0.3 is 5.69 Å². The van der Waals surface area contributed by atoms with Crippen molar-refractivity contribution in [2.24, 2.45) is 0 Å². The molecular formula is C18H18N6O2. The molecule has 0 atom stereocenters. The summed E-state index contributed by atoms with van der Waals surface area (Å²) in [5.41, 5.74) is 2.64. The molecular weight excluding hydrogens is 332 g/mol. The third-order valence-corrected chi connectivity index (χ3v) is 3.79. The fourth-order valence-corrected chi connectivity index (χ4v) is 2.36. The van der Waals surface area contributed by atoms with Gasteiger partial charge in [-0.2, -0.15) is 0 Å². The number of nitrogens with one attached hydrogen (secondary N) is 2. The van der Waals surface area contributed by atoms with Crippen molar-refractivity contribution < 1.29 is 4.92 Å². The maximum Gasteiger partial charge on any atom is 0.353 e. The predicted octanol–water partition coefficient (Wildman–Crippen LogP) is 4.14. The molecule has 26 heavy (non-hydrogen) atoms. The third-order valence-electron chi connectivity index (χ3n) is 3.79. The fourth-order valence-electron chi connectivity index (χ4n) is 2.36. The first-order valence-corrected chi connectivity index (χ1v) is 8.12. The van der Waals surface area contributed by atoms with Gasteiger partial charge in [-0.1, -0.05) is 25.1 Å². The number of hydrogen-bond acceptors (Lipinski definition) is 7. The van der Waals surface area contributed by atoms with E-state index in [0.717, 1.165) is 12.0 Å². The zero-order valence-electron chi connectivity index (χ0n) is 14.4. The first-order chi connectivity index (χ1) is 12.6. The van der Waals surface area contributed by atoms with Gasteiger partial charge in [-0.25, -0.2) is 15.0 Å². The van der Waals surface area contributed by atoms with E-state index in [2.05, 4.69) is 32.5 Å². The Morgan fingerprint density at radius 2 is 1.69 bits per heavy atom. The molecule has 132 valence electrons. The summed E-state index contributed by atoms with van der Waals surface area (Å²) in [6.45, 7) is 3.98. The molecule has 0 spiro atoms. The maximum atomic E-state index is 11.6. The Bertz CT molecular complexity index is 910. The van der Waals surface area contributed by atoms with Gasteiger partial charge in [0.05, 0.1) is 4.92 Å². The van der Waals surface area contributed by atoms with E-state index in [1.165, 1.54) is 11.9 Å². The lowest BCUT2D eigenvalue weighted by Gasteiger charge is -2.10. The number of pyridine rings is 1. The molecule has 0 amide bonds. The van der Waals surface area contributed by atoms with E-state index in [0.29, 0.717) is 11.5 Å². The molecule has 3 aromatic rings. The minimum atomic E-state index is -0.515. The van der Waals surface area contributed by atoms with Crippen LogP contribution in [-0.4, -0.2) is 19.9 Å². The van der Waals surface area contributed by atoms with Crippen molar-refractivity contribution in [3.63, 3.8) is 0 Å². The quantitative estimate of drug-likeness (QED) is 0.508. The van der Waals surface area contributed by atoms with Crippen LogP contribution in [0.5, 0.6) is 0 Å². The zero-order chi connectivity index (χ0) is 18.5. The van der Waals surface area contributed by atoms with Crippen LogP contribution in [0.4, 0.5) is 28.8 Å². The number of anilines is 4. The minimum Gasteiger partial charge on any atom is -0.334 e. The smallest absolute Gasteiger partial charge is 0.334 e. The Morgan fingerprint density at radius 3 is 2.27 bits per heavy atom. The van der Waals surface area contributed by atoms with Crippen LogP contribution < -0.4 is 10.6 Å². The Hall–Kier alpha value is -3.55. The normalized spacial score (nSPS) is 10.4. The van der Waals surface area contributed by atoms with Crippen molar-refractivity contribution in [2.45, 2.75) is 20.3 Å². The lowest BCUT2D eigenvalue weighted by molar-refractivity contribution is -0.383. The van der Waals surface area contributed by atoms with Gasteiger partial charge in [0.25, 0.3) is 0 Å². The highest BCUT2D eigenvalue weighted by Gasteiger charge is 2.23. The number of benzene rings is 1. The highest BCUT2D eigenvalue weighted by atomic mass is 16.6. The lowest BCUT2D eigenvalue weighted by atomic mass is 10.1. The highest BCUT2D eigenvalue weighted by Crippen LogP contribution is 2.32. The molecule has 0 saturated carbocycles. The SMILES string of the molecule is CCc1ccc(Nc2ncnc(Nc3ccc(C)cn3)c2[N+](=O)[O-])cc1. The second-order valence-corrected chi connectivity index (χ2v) is 5.70. The topological polar surface area (TPSA) is 106 Å². The molecule has 2 heterocycles. The molecule has 2 aromatic heterocycles. The zero-order valence-corrected chi connectivity index (χ0v) is 14.4. The maximum absolute atomic E-state index is 11.6. The minimum absolute atomic E-state index is 0.0778. The molecule has 2 N–H and O–H groups in total. The van der Waals surface area contributed by atoms with Crippen LogP contribution >= 0.6 is 0 Å². The second kappa shape index (κ2) is 7.56. The van der Waals surface area contributed by atoms with Gasteiger partial charge in [0.1, 0.15) is 12.1 Å². The van der Waals surface area contributed by atoms with E-state index in [-0.39, 0.29) is 17.3 Å². The third kappa shape index (κ3) is 3.92. The van der Waals surface area contributed by atoms with Crippen molar-refractivity contribution in [3.05, 3.63) is 70.2 Å². The van der Waals surface area contributed by atoms with Crippen LogP contribution in [0.25, 0.3) is 0 Å². The number of aryl methyl sites for hydroxylation is 2. The molecule has 0 unspecified atom stereocenters. The van der Waals surface area contributed by atoms with Crippen molar-refractivity contribution >= 4 is 28.8 Å². The Morgan fingerprint density at radius 1 is 1.00 bits per heavy atom. The summed E-state index contributed by atoms with van der Waals surface area (Å²) in [7, 11) is 0. The van der Waals surface area contributed by atoms with Crippen LogP contribution in [0.2, 0.25) is 0 Å². The summed E-state index contributed by atoms with van der Waals surface area (Å²) >= 11 is 0. The Kier molecular flexibility index (Phi) is 5.02. The lowest BCUT2D eigenvalue weighted by Crippen LogP contribution is -2.06. The number of aromatic nitrogens is 3. The molecule has 8 nitrogen and oxygen atoms in total. The monoisotopic (exact) mass is 350 g/mol. The van der Waals surface area contributed by atoms with E-state index in [9.17, 15) is 10.1 Å². The van der Waals surface area contributed by atoms with Crippen molar-refractivity contribution in [3.8, 4) is 0 Å². The van der Waals surface area contributed by atoms with E-state index >= 15 is 0 Å². The molecule has 1 aromatic carbocycles. The molecule has 0 aliphatic rings. The standard InChI is InChI=1S/C18H18N6O2/c1-3-13-5-7-14(8-6-13)22-17-16(24(25)26)18(21-11-20-17)23-15-9-4-12(2)10-19-15/h4-11H,3H2,1-2H3,(H2,19,20,21,22,23). The summed E-state index contributed by atoms with van der Waals surface area (Å²) in [5.74, 6) is 0.661. The van der Waals surface area contributed by atoms with Gasteiger partial charge in [-0.3, -0.25) is 10.1 Å². The first-order valence-electron chi connectivity index (χ1n) is 8.12. The number of rotatable bonds is 6.